The lowest BCUT2D eigenvalue weighted by Crippen LogP contribution is -2.40. The number of carbonyl (C=O) groups excluding carboxylic acids is 1. The molecular weight excluding hydrogens is 202 g/mol. The molecule has 1 N–H and O–H groups in total. The van der Waals surface area contributed by atoms with E-state index in [1.807, 2.05) is 11.4 Å². The molecule has 0 heterocycles. The second kappa shape index (κ2) is 3.88. The first-order chi connectivity index (χ1) is 5.69. The average molecular weight is 211 g/mol. The maximum atomic E-state index is 12.1. The molecule has 1 amide bonds. The third-order valence-electron chi connectivity index (χ3n) is 1.25. The van der Waals surface area contributed by atoms with Crippen molar-refractivity contribution in [3.8, 4) is 6.07 Å². The van der Waals surface area contributed by atoms with Gasteiger partial charge in [0.1, 0.15) is 0 Å². The van der Waals surface area contributed by atoms with Gasteiger partial charge in [-0.05, 0) is 25.4 Å². The van der Waals surface area contributed by atoms with Crippen molar-refractivity contribution in [2.75, 3.05) is 6.54 Å². The number of hydrogen-bond acceptors (Lipinski definition) is 2. The van der Waals surface area contributed by atoms with Crippen molar-refractivity contribution in [1.82, 2.24) is 5.32 Å². The Hall–Kier alpha value is -0.890. The molecule has 0 aromatic heterocycles. The number of halogens is 3. The lowest BCUT2D eigenvalue weighted by molar-refractivity contribution is -0.136. The highest BCUT2D eigenvalue weighted by Gasteiger charge is 2.36. The Kier molecular flexibility index (Phi) is 3.61. The highest BCUT2D eigenvalue weighted by Crippen LogP contribution is 2.19. The normalized spacial score (nSPS) is 12.0. The quantitative estimate of drug-likeness (QED) is 0.718. The maximum Gasteiger partial charge on any atom is 0.399 e. The van der Waals surface area contributed by atoms with Crippen LogP contribution in [-0.4, -0.2) is 17.8 Å². The van der Waals surface area contributed by atoms with Gasteiger partial charge in [-0.1, -0.05) is 0 Å². The Morgan fingerprint density at radius 2 is 2.08 bits per heavy atom. The first-order valence-corrected chi connectivity index (χ1v) is 3.83. The smallest absolute Gasteiger partial charge is 0.348 e. The van der Waals surface area contributed by atoms with Gasteiger partial charge < -0.3 is 5.32 Å². The van der Waals surface area contributed by atoms with E-state index in [0.29, 0.717) is 0 Å². The number of rotatable bonds is 3. The summed E-state index contributed by atoms with van der Waals surface area (Å²) in [4.78, 5) is 10.5. The van der Waals surface area contributed by atoms with Crippen molar-refractivity contribution >= 4 is 17.5 Å². The first kappa shape index (κ1) is 12.1. The highest BCUT2D eigenvalue weighted by molar-refractivity contribution is 6.32. The molecule has 0 radical (unpaired) electrons. The predicted octanol–water partition coefficient (Wildman–Crippen LogP) is 1.48. The van der Waals surface area contributed by atoms with E-state index in [-0.39, 0.29) is 6.54 Å². The van der Waals surface area contributed by atoms with Crippen LogP contribution < -0.4 is 5.32 Å². The van der Waals surface area contributed by atoms with Gasteiger partial charge >= 0.3 is 11.3 Å². The van der Waals surface area contributed by atoms with Crippen molar-refractivity contribution in [3.63, 3.8) is 0 Å². The van der Waals surface area contributed by atoms with Crippen molar-refractivity contribution in [2.45, 2.75) is 19.2 Å². The molecule has 0 spiro atoms. The molecule has 0 saturated heterocycles. The Balaban J connectivity index is 4.08. The summed E-state index contributed by atoms with van der Waals surface area (Å²) in [6, 6.07) is 1.85. The highest BCUT2D eigenvalue weighted by atomic mass is 35.5. The van der Waals surface area contributed by atoms with E-state index in [1.165, 1.54) is 13.8 Å². The van der Waals surface area contributed by atoms with Crippen molar-refractivity contribution in [3.05, 3.63) is 0 Å². The van der Waals surface area contributed by atoms with Crippen LogP contribution >= 0.6 is 11.6 Å². The minimum absolute atomic E-state index is 0.162. The van der Waals surface area contributed by atoms with Crippen molar-refractivity contribution in [2.24, 2.45) is 5.41 Å². The average Bonchev–Trinajstić information content (AvgIpc) is 1.98. The molecule has 3 nitrogen and oxygen atoms in total. The zero-order chi connectivity index (χ0) is 10.7. The third kappa shape index (κ3) is 4.63. The van der Waals surface area contributed by atoms with Gasteiger partial charge in [-0.2, -0.15) is 14.0 Å². The minimum atomic E-state index is -3.91. The van der Waals surface area contributed by atoms with Crippen LogP contribution in [0.1, 0.15) is 13.8 Å². The summed E-state index contributed by atoms with van der Waals surface area (Å²) in [5, 5.41) is 6.45. The Bertz CT molecular complexity index is 242. The number of carbonyl (C=O) groups is 1. The fourth-order valence-corrected chi connectivity index (χ4v) is 0.508. The molecule has 0 atom stereocenters. The zero-order valence-corrected chi connectivity index (χ0v) is 7.95. The van der Waals surface area contributed by atoms with Gasteiger partial charge in [-0.25, -0.2) is 0 Å². The fourth-order valence-electron chi connectivity index (χ4n) is 0.441. The molecule has 0 bridgehead atoms. The number of nitrogens with zero attached hydrogens (tertiary/aromatic N) is 1. The SMILES string of the molecule is CC(C)(C#N)CNC(=O)C(F)(F)Cl. The third-order valence-corrected chi connectivity index (χ3v) is 1.42. The topological polar surface area (TPSA) is 52.9 Å². The lowest BCUT2D eigenvalue weighted by Gasteiger charge is -2.16. The summed E-state index contributed by atoms with van der Waals surface area (Å²) in [5.41, 5.74) is -0.877. The molecule has 0 rings (SSSR count). The molecule has 0 aliphatic heterocycles. The Morgan fingerprint density at radius 1 is 1.62 bits per heavy atom. The van der Waals surface area contributed by atoms with E-state index in [4.69, 9.17) is 5.26 Å². The molecular formula is C7H9ClF2N2O. The van der Waals surface area contributed by atoms with Crippen molar-refractivity contribution in [1.29, 1.82) is 5.26 Å². The molecule has 74 valence electrons. The Morgan fingerprint density at radius 3 is 2.38 bits per heavy atom. The maximum absolute atomic E-state index is 12.1. The number of hydrogen-bond donors (Lipinski definition) is 1. The summed E-state index contributed by atoms with van der Waals surface area (Å²) in [6.45, 7) is 2.87. The second-order valence-electron chi connectivity index (χ2n) is 3.18. The molecule has 0 unspecified atom stereocenters. The van der Waals surface area contributed by atoms with E-state index in [0.717, 1.165) is 0 Å². The molecule has 13 heavy (non-hydrogen) atoms. The summed E-state index contributed by atoms with van der Waals surface area (Å²) < 4.78 is 24.1. The summed E-state index contributed by atoms with van der Waals surface area (Å²) in [6.07, 6.45) is 0. The molecule has 0 aromatic carbocycles. The summed E-state index contributed by atoms with van der Waals surface area (Å²) in [5.74, 6) is -1.59. The Labute approximate surface area is 79.7 Å². The van der Waals surface area contributed by atoms with E-state index in [1.54, 1.807) is 0 Å². The minimum Gasteiger partial charge on any atom is -0.348 e. The van der Waals surface area contributed by atoms with Crippen LogP contribution in [0.4, 0.5) is 8.78 Å². The molecule has 0 saturated carbocycles. The van der Waals surface area contributed by atoms with Crippen LogP contribution in [-0.2, 0) is 4.79 Å². The van der Waals surface area contributed by atoms with Crippen LogP contribution in [0, 0.1) is 16.7 Å². The van der Waals surface area contributed by atoms with Gasteiger partial charge in [0.15, 0.2) is 0 Å². The summed E-state index contributed by atoms with van der Waals surface area (Å²) in [7, 11) is 0. The van der Waals surface area contributed by atoms with E-state index in [9.17, 15) is 13.6 Å². The van der Waals surface area contributed by atoms with E-state index >= 15 is 0 Å². The van der Waals surface area contributed by atoms with Crippen LogP contribution in [0.3, 0.4) is 0 Å². The van der Waals surface area contributed by atoms with Crippen LogP contribution in [0.2, 0.25) is 0 Å². The first-order valence-electron chi connectivity index (χ1n) is 3.45. The van der Waals surface area contributed by atoms with E-state index in [2.05, 4.69) is 11.6 Å². The van der Waals surface area contributed by atoms with Crippen LogP contribution in [0.5, 0.6) is 0 Å². The van der Waals surface area contributed by atoms with Gasteiger partial charge in [-0.3, -0.25) is 4.79 Å². The molecule has 0 aromatic rings. The predicted molar refractivity (Wildman–Crippen MR) is 43.2 cm³/mol. The lowest BCUT2D eigenvalue weighted by atomic mass is 9.96. The largest absolute Gasteiger partial charge is 0.399 e. The molecule has 0 aliphatic carbocycles. The van der Waals surface area contributed by atoms with E-state index < -0.39 is 16.7 Å². The fraction of sp³-hybridized carbons (Fsp3) is 0.714. The van der Waals surface area contributed by atoms with Gasteiger partial charge in [0.25, 0.3) is 0 Å². The van der Waals surface area contributed by atoms with Gasteiger partial charge in [0.2, 0.25) is 0 Å². The summed E-state index contributed by atoms with van der Waals surface area (Å²) >= 11 is 4.43. The number of nitrogens with one attached hydrogen (secondary N) is 1. The monoisotopic (exact) mass is 210 g/mol. The number of nitriles is 1. The van der Waals surface area contributed by atoms with Crippen LogP contribution in [0.15, 0.2) is 0 Å². The van der Waals surface area contributed by atoms with Gasteiger partial charge in [0.05, 0.1) is 11.5 Å². The molecule has 0 aliphatic rings. The van der Waals surface area contributed by atoms with Gasteiger partial charge in [0, 0.05) is 6.54 Å². The molecule has 6 heteroatoms. The van der Waals surface area contributed by atoms with Gasteiger partial charge in [-0.15, -0.1) is 0 Å². The zero-order valence-electron chi connectivity index (χ0n) is 7.20. The molecule has 0 fully saturated rings. The van der Waals surface area contributed by atoms with Crippen molar-refractivity contribution < 1.29 is 13.6 Å². The van der Waals surface area contributed by atoms with Crippen LogP contribution in [0.25, 0.3) is 0 Å². The second-order valence-corrected chi connectivity index (χ2v) is 3.65. The number of amides is 1. The standard InChI is InChI=1S/C7H9ClF2N2O/c1-6(2,3-11)4-12-5(13)7(8,9)10/h4H2,1-2H3,(H,12,13). The number of alkyl halides is 3.